The molecule has 0 radical (unpaired) electrons. The van der Waals surface area contributed by atoms with Crippen molar-refractivity contribution < 1.29 is 4.92 Å². The summed E-state index contributed by atoms with van der Waals surface area (Å²) in [7, 11) is 0. The molecule has 20 heavy (non-hydrogen) atoms. The number of hydrogen-bond acceptors (Lipinski definition) is 5. The van der Waals surface area contributed by atoms with Crippen LogP contribution in [0.3, 0.4) is 0 Å². The largest absolute Gasteiger partial charge is 0.386 e. The van der Waals surface area contributed by atoms with Gasteiger partial charge in [0.2, 0.25) is 0 Å². The summed E-state index contributed by atoms with van der Waals surface area (Å²) >= 11 is 0. The molecule has 0 amide bonds. The van der Waals surface area contributed by atoms with Crippen LogP contribution < -0.4 is 10.6 Å². The molecule has 1 aliphatic carbocycles. The van der Waals surface area contributed by atoms with Crippen molar-refractivity contribution >= 4 is 11.5 Å². The standard InChI is InChI=1S/C14H22N4O2/c19-18(20)14-13(8-5-9-17-14)16-11-10-15-12-6-3-1-2-4-7-12/h5,8-9,12,15-16H,1-4,6-7,10-11H2. The molecule has 0 aliphatic heterocycles. The molecule has 1 heterocycles. The highest BCUT2D eigenvalue weighted by molar-refractivity contribution is 5.56. The SMILES string of the molecule is O=[N+]([O-])c1ncccc1NCCNC1CCCCCC1. The molecule has 6 heteroatoms. The quantitative estimate of drug-likeness (QED) is 0.362. The number of anilines is 1. The summed E-state index contributed by atoms with van der Waals surface area (Å²) in [5, 5.41) is 17.4. The first kappa shape index (κ1) is 14.7. The summed E-state index contributed by atoms with van der Waals surface area (Å²) in [4.78, 5) is 14.1. The predicted octanol–water partition coefficient (Wildman–Crippen LogP) is 2.71. The summed E-state index contributed by atoms with van der Waals surface area (Å²) in [5.41, 5.74) is 0.486. The molecule has 1 aliphatic rings. The Morgan fingerprint density at radius 2 is 2.00 bits per heavy atom. The monoisotopic (exact) mass is 278 g/mol. The van der Waals surface area contributed by atoms with Crippen LogP contribution in [0.4, 0.5) is 11.5 Å². The van der Waals surface area contributed by atoms with E-state index in [2.05, 4.69) is 15.6 Å². The predicted molar refractivity (Wildman–Crippen MR) is 78.9 cm³/mol. The summed E-state index contributed by atoms with van der Waals surface area (Å²) in [6, 6.07) is 3.99. The van der Waals surface area contributed by atoms with Crippen LogP contribution >= 0.6 is 0 Å². The molecule has 0 aromatic carbocycles. The molecule has 1 aromatic rings. The van der Waals surface area contributed by atoms with Gasteiger partial charge in [0.15, 0.2) is 0 Å². The fraction of sp³-hybridized carbons (Fsp3) is 0.643. The van der Waals surface area contributed by atoms with Crippen LogP contribution in [0.25, 0.3) is 0 Å². The van der Waals surface area contributed by atoms with Crippen molar-refractivity contribution in [3.63, 3.8) is 0 Å². The maximum absolute atomic E-state index is 10.8. The van der Waals surface area contributed by atoms with E-state index < -0.39 is 4.92 Å². The molecule has 0 saturated heterocycles. The van der Waals surface area contributed by atoms with E-state index in [9.17, 15) is 10.1 Å². The number of nitrogens with one attached hydrogen (secondary N) is 2. The van der Waals surface area contributed by atoms with Gasteiger partial charge in [-0.2, -0.15) is 0 Å². The van der Waals surface area contributed by atoms with Crippen LogP contribution in [0.2, 0.25) is 0 Å². The third kappa shape index (κ3) is 4.45. The van der Waals surface area contributed by atoms with E-state index >= 15 is 0 Å². The third-order valence-corrected chi connectivity index (χ3v) is 3.69. The second kappa shape index (κ2) is 7.79. The van der Waals surface area contributed by atoms with Crippen LogP contribution in [0.5, 0.6) is 0 Å². The van der Waals surface area contributed by atoms with Crippen molar-refractivity contribution in [2.24, 2.45) is 0 Å². The fourth-order valence-electron chi connectivity index (χ4n) is 2.64. The Kier molecular flexibility index (Phi) is 5.73. The van der Waals surface area contributed by atoms with Gasteiger partial charge in [0.1, 0.15) is 11.9 Å². The molecule has 0 atom stereocenters. The summed E-state index contributed by atoms with van der Waals surface area (Å²) < 4.78 is 0. The molecule has 110 valence electrons. The summed E-state index contributed by atoms with van der Waals surface area (Å²) in [6.07, 6.45) is 9.22. The minimum Gasteiger partial charge on any atom is -0.377 e. The van der Waals surface area contributed by atoms with E-state index in [1.807, 2.05) is 0 Å². The Morgan fingerprint density at radius 3 is 2.70 bits per heavy atom. The average molecular weight is 278 g/mol. The Balaban J connectivity index is 1.74. The van der Waals surface area contributed by atoms with E-state index in [-0.39, 0.29) is 5.82 Å². The highest BCUT2D eigenvalue weighted by Crippen LogP contribution is 2.19. The minimum atomic E-state index is -0.457. The van der Waals surface area contributed by atoms with Gasteiger partial charge in [0.05, 0.1) is 0 Å². The highest BCUT2D eigenvalue weighted by Gasteiger charge is 2.14. The topological polar surface area (TPSA) is 80.1 Å². The van der Waals surface area contributed by atoms with E-state index in [1.54, 1.807) is 12.1 Å². The molecule has 0 spiro atoms. The molecule has 0 unspecified atom stereocenters. The van der Waals surface area contributed by atoms with Gasteiger partial charge in [-0.25, -0.2) is 0 Å². The Bertz CT molecular complexity index is 431. The average Bonchev–Trinajstić information content (AvgIpc) is 2.72. The number of nitrogens with zero attached hydrogens (tertiary/aromatic N) is 2. The summed E-state index contributed by atoms with van der Waals surface area (Å²) in [6.45, 7) is 1.49. The lowest BCUT2D eigenvalue weighted by Crippen LogP contribution is -2.32. The van der Waals surface area contributed by atoms with Crippen LogP contribution in [-0.4, -0.2) is 29.0 Å². The lowest BCUT2D eigenvalue weighted by atomic mass is 10.1. The maximum Gasteiger partial charge on any atom is 0.386 e. The first-order chi connectivity index (χ1) is 9.77. The molecule has 6 nitrogen and oxygen atoms in total. The van der Waals surface area contributed by atoms with Crippen LogP contribution in [-0.2, 0) is 0 Å². The van der Waals surface area contributed by atoms with Gasteiger partial charge in [0.25, 0.3) is 0 Å². The number of nitro groups is 1. The van der Waals surface area contributed by atoms with Crippen LogP contribution in [0.1, 0.15) is 38.5 Å². The molecule has 2 N–H and O–H groups in total. The van der Waals surface area contributed by atoms with E-state index in [0.717, 1.165) is 6.54 Å². The zero-order valence-electron chi connectivity index (χ0n) is 11.7. The molecule has 2 rings (SSSR count). The fourth-order valence-corrected chi connectivity index (χ4v) is 2.64. The van der Waals surface area contributed by atoms with Crippen molar-refractivity contribution in [2.45, 2.75) is 44.6 Å². The van der Waals surface area contributed by atoms with E-state index in [1.165, 1.54) is 44.7 Å². The van der Waals surface area contributed by atoms with E-state index in [4.69, 9.17) is 0 Å². The second-order valence-corrected chi connectivity index (χ2v) is 5.20. The number of pyridine rings is 1. The zero-order chi connectivity index (χ0) is 14.2. The van der Waals surface area contributed by atoms with Gasteiger partial charge in [-0.1, -0.05) is 25.7 Å². The normalized spacial score (nSPS) is 16.6. The molecule has 1 fully saturated rings. The van der Waals surface area contributed by atoms with Gasteiger partial charge >= 0.3 is 5.82 Å². The molecular formula is C14H22N4O2. The van der Waals surface area contributed by atoms with Crippen LogP contribution in [0.15, 0.2) is 18.3 Å². The van der Waals surface area contributed by atoms with Gasteiger partial charge in [0, 0.05) is 19.1 Å². The third-order valence-electron chi connectivity index (χ3n) is 3.69. The van der Waals surface area contributed by atoms with Crippen molar-refractivity contribution in [1.82, 2.24) is 10.3 Å². The van der Waals surface area contributed by atoms with Gasteiger partial charge in [-0.15, -0.1) is 0 Å². The van der Waals surface area contributed by atoms with Crippen molar-refractivity contribution in [3.05, 3.63) is 28.4 Å². The lowest BCUT2D eigenvalue weighted by molar-refractivity contribution is -0.388. The molecule has 0 bridgehead atoms. The van der Waals surface area contributed by atoms with Gasteiger partial charge in [-0.3, -0.25) is 0 Å². The lowest BCUT2D eigenvalue weighted by Gasteiger charge is -2.16. The van der Waals surface area contributed by atoms with Crippen LogP contribution in [0, 0.1) is 10.1 Å². The molecule has 1 saturated carbocycles. The molecular weight excluding hydrogens is 256 g/mol. The maximum atomic E-state index is 10.8. The number of hydrogen-bond donors (Lipinski definition) is 2. The van der Waals surface area contributed by atoms with Crippen molar-refractivity contribution in [3.8, 4) is 0 Å². The van der Waals surface area contributed by atoms with Gasteiger partial charge < -0.3 is 20.7 Å². The molecule has 1 aromatic heterocycles. The smallest absolute Gasteiger partial charge is 0.377 e. The van der Waals surface area contributed by atoms with E-state index in [0.29, 0.717) is 18.3 Å². The minimum absolute atomic E-state index is 0.109. The number of aromatic nitrogens is 1. The zero-order valence-corrected chi connectivity index (χ0v) is 11.7. The van der Waals surface area contributed by atoms with Crippen molar-refractivity contribution in [1.29, 1.82) is 0 Å². The Hall–Kier alpha value is -1.69. The summed E-state index contributed by atoms with van der Waals surface area (Å²) in [5.74, 6) is -0.109. The highest BCUT2D eigenvalue weighted by atomic mass is 16.6. The first-order valence-corrected chi connectivity index (χ1v) is 7.34. The van der Waals surface area contributed by atoms with Gasteiger partial charge in [-0.05, 0) is 34.9 Å². The Labute approximate surface area is 119 Å². The number of rotatable bonds is 6. The first-order valence-electron chi connectivity index (χ1n) is 7.34. The Morgan fingerprint density at radius 1 is 1.25 bits per heavy atom. The van der Waals surface area contributed by atoms with Crippen molar-refractivity contribution in [2.75, 3.05) is 18.4 Å². The second-order valence-electron chi connectivity index (χ2n) is 5.20.